The van der Waals surface area contributed by atoms with Gasteiger partial charge in [0.25, 0.3) is 11.5 Å². The molecule has 0 bridgehead atoms. The Morgan fingerprint density at radius 1 is 1.25 bits per heavy atom. The summed E-state index contributed by atoms with van der Waals surface area (Å²) in [6.07, 6.45) is 1.61. The molecule has 1 aromatic carbocycles. The number of aromatic nitrogens is 1. The molecule has 1 amide bonds. The Bertz CT molecular complexity index is 957. The summed E-state index contributed by atoms with van der Waals surface area (Å²) in [4.78, 5) is 38.9. The van der Waals surface area contributed by atoms with Gasteiger partial charge >= 0.3 is 0 Å². The third-order valence-corrected chi connectivity index (χ3v) is 3.85. The molecule has 1 aliphatic rings. The molecular weight excluding hydrogens is 313 g/mol. The number of benzene rings is 1. The minimum atomic E-state index is -0.763. The highest BCUT2D eigenvalue weighted by molar-refractivity contribution is 6.07. The number of hydrogen-bond donors (Lipinski definition) is 2. The molecular formula is C17H12FN3O3. The number of amides is 1. The zero-order valence-corrected chi connectivity index (χ0v) is 12.5. The first-order valence-electron chi connectivity index (χ1n) is 7.30. The van der Waals surface area contributed by atoms with Crippen LogP contribution >= 0.6 is 0 Å². The van der Waals surface area contributed by atoms with Crippen LogP contribution in [0, 0.1) is 17.1 Å². The molecule has 2 N–H and O–H groups in total. The van der Waals surface area contributed by atoms with Crippen LogP contribution in [0.5, 0.6) is 0 Å². The van der Waals surface area contributed by atoms with E-state index in [1.807, 2.05) is 0 Å². The van der Waals surface area contributed by atoms with Crippen molar-refractivity contribution in [2.75, 3.05) is 5.32 Å². The topological polar surface area (TPSA) is 103 Å². The first-order valence-corrected chi connectivity index (χ1v) is 7.30. The maximum atomic E-state index is 13.1. The SMILES string of the molecule is N#Cc1cc(F)ccc1NC(=O)c1cc2c([nH]c1=O)CCCC2=O. The van der Waals surface area contributed by atoms with E-state index < -0.39 is 17.3 Å². The maximum Gasteiger partial charge on any atom is 0.261 e. The van der Waals surface area contributed by atoms with Gasteiger partial charge in [0, 0.05) is 17.7 Å². The van der Waals surface area contributed by atoms with Gasteiger partial charge in [-0.15, -0.1) is 0 Å². The number of fused-ring (bicyclic) bond motifs is 1. The largest absolute Gasteiger partial charge is 0.325 e. The molecule has 0 spiro atoms. The van der Waals surface area contributed by atoms with Gasteiger partial charge in [-0.1, -0.05) is 0 Å². The highest BCUT2D eigenvalue weighted by Gasteiger charge is 2.22. The molecule has 1 heterocycles. The van der Waals surface area contributed by atoms with Crippen molar-refractivity contribution in [3.63, 3.8) is 0 Å². The van der Waals surface area contributed by atoms with Crippen LogP contribution < -0.4 is 10.9 Å². The minimum absolute atomic E-state index is 0.0613. The van der Waals surface area contributed by atoms with E-state index in [1.165, 1.54) is 12.1 Å². The number of nitriles is 1. The van der Waals surface area contributed by atoms with Gasteiger partial charge in [0.2, 0.25) is 0 Å². The van der Waals surface area contributed by atoms with Crippen LogP contribution in [0.1, 0.15) is 44.8 Å². The number of carbonyl (C=O) groups excluding carboxylic acids is 2. The number of nitrogens with one attached hydrogen (secondary N) is 2. The molecule has 0 saturated carbocycles. The second-order valence-corrected chi connectivity index (χ2v) is 5.44. The van der Waals surface area contributed by atoms with Crippen molar-refractivity contribution in [1.82, 2.24) is 4.98 Å². The summed E-state index contributed by atoms with van der Waals surface area (Å²) < 4.78 is 13.1. The van der Waals surface area contributed by atoms with Crippen LogP contribution in [0.15, 0.2) is 29.1 Å². The third kappa shape index (κ3) is 2.82. The average Bonchev–Trinajstić information content (AvgIpc) is 2.56. The molecule has 0 fully saturated rings. The molecule has 0 radical (unpaired) electrons. The van der Waals surface area contributed by atoms with Gasteiger partial charge in [-0.05, 0) is 37.1 Å². The molecule has 0 aliphatic heterocycles. The number of nitrogens with zero attached hydrogens (tertiary/aromatic N) is 1. The predicted octanol–water partition coefficient (Wildman–Crippen LogP) is 2.16. The van der Waals surface area contributed by atoms with Crippen LogP contribution in [-0.4, -0.2) is 16.7 Å². The Morgan fingerprint density at radius 3 is 2.79 bits per heavy atom. The molecule has 0 unspecified atom stereocenters. The minimum Gasteiger partial charge on any atom is -0.325 e. The van der Waals surface area contributed by atoms with E-state index >= 15 is 0 Å². The summed E-state index contributed by atoms with van der Waals surface area (Å²) >= 11 is 0. The van der Waals surface area contributed by atoms with Crippen molar-refractivity contribution < 1.29 is 14.0 Å². The number of aryl methyl sites for hydroxylation is 1. The number of anilines is 1. The number of hydrogen-bond acceptors (Lipinski definition) is 4. The molecule has 7 heteroatoms. The monoisotopic (exact) mass is 325 g/mol. The molecule has 6 nitrogen and oxygen atoms in total. The summed E-state index contributed by atoms with van der Waals surface area (Å²) in [5.41, 5.74) is 0.0675. The smallest absolute Gasteiger partial charge is 0.261 e. The van der Waals surface area contributed by atoms with Gasteiger partial charge in [0.05, 0.1) is 11.3 Å². The second-order valence-electron chi connectivity index (χ2n) is 5.44. The zero-order chi connectivity index (χ0) is 17.3. The van der Waals surface area contributed by atoms with Crippen LogP contribution in [0.3, 0.4) is 0 Å². The highest BCUT2D eigenvalue weighted by Crippen LogP contribution is 2.20. The lowest BCUT2D eigenvalue weighted by atomic mass is 9.93. The molecule has 120 valence electrons. The van der Waals surface area contributed by atoms with Crippen LogP contribution in [0.2, 0.25) is 0 Å². The number of halogens is 1. The van der Waals surface area contributed by atoms with E-state index in [4.69, 9.17) is 5.26 Å². The van der Waals surface area contributed by atoms with E-state index in [2.05, 4.69) is 10.3 Å². The molecule has 3 rings (SSSR count). The first-order chi connectivity index (χ1) is 11.5. The Kier molecular flexibility index (Phi) is 3.96. The first kappa shape index (κ1) is 15.6. The van der Waals surface area contributed by atoms with E-state index in [-0.39, 0.29) is 22.6 Å². The quantitative estimate of drug-likeness (QED) is 0.883. The summed E-state index contributed by atoms with van der Waals surface area (Å²) in [5.74, 6) is -1.50. The van der Waals surface area contributed by atoms with E-state index in [1.54, 1.807) is 6.07 Å². The fourth-order valence-electron chi connectivity index (χ4n) is 2.65. The Labute approximate surface area is 135 Å². The van der Waals surface area contributed by atoms with E-state index in [9.17, 15) is 18.8 Å². The molecule has 1 aromatic heterocycles. The van der Waals surface area contributed by atoms with Crippen LogP contribution in [0.4, 0.5) is 10.1 Å². The molecule has 0 saturated heterocycles. The molecule has 1 aliphatic carbocycles. The van der Waals surface area contributed by atoms with Crippen LogP contribution in [0.25, 0.3) is 0 Å². The number of carbonyl (C=O) groups is 2. The summed E-state index contributed by atoms with van der Waals surface area (Å²) in [6.45, 7) is 0. The maximum absolute atomic E-state index is 13.1. The average molecular weight is 325 g/mol. The number of pyridine rings is 1. The summed E-state index contributed by atoms with van der Waals surface area (Å²) in [7, 11) is 0. The predicted molar refractivity (Wildman–Crippen MR) is 83.4 cm³/mol. The van der Waals surface area contributed by atoms with Crippen molar-refractivity contribution in [3.8, 4) is 6.07 Å². The lowest BCUT2D eigenvalue weighted by Crippen LogP contribution is -2.27. The summed E-state index contributed by atoms with van der Waals surface area (Å²) in [6, 6.07) is 6.36. The van der Waals surface area contributed by atoms with Crippen molar-refractivity contribution in [2.45, 2.75) is 19.3 Å². The molecule has 2 aromatic rings. The van der Waals surface area contributed by atoms with E-state index in [0.29, 0.717) is 30.5 Å². The number of aromatic amines is 1. The number of rotatable bonds is 2. The lowest BCUT2D eigenvalue weighted by molar-refractivity contribution is 0.0971. The van der Waals surface area contributed by atoms with Crippen molar-refractivity contribution in [2.24, 2.45) is 0 Å². The second kappa shape index (κ2) is 6.08. The van der Waals surface area contributed by atoms with Crippen LogP contribution in [-0.2, 0) is 6.42 Å². The standard InChI is InChI=1S/C17H12FN3O3/c18-10-4-5-13(9(6-10)8-19)20-16(23)12-7-11-14(21-17(12)24)2-1-3-15(11)22/h4-7H,1-3H2,(H,20,23)(H,21,24). The normalized spacial score (nSPS) is 13.1. The van der Waals surface area contributed by atoms with Gasteiger partial charge in [-0.25, -0.2) is 4.39 Å². The Balaban J connectivity index is 1.97. The summed E-state index contributed by atoms with van der Waals surface area (Å²) in [5, 5.41) is 11.4. The van der Waals surface area contributed by atoms with Gasteiger partial charge in [0.1, 0.15) is 17.4 Å². The van der Waals surface area contributed by atoms with Gasteiger partial charge in [0.15, 0.2) is 5.78 Å². The van der Waals surface area contributed by atoms with Gasteiger partial charge in [-0.3, -0.25) is 14.4 Å². The Hall–Kier alpha value is -3.27. The Morgan fingerprint density at radius 2 is 2.04 bits per heavy atom. The number of H-pyrrole nitrogens is 1. The molecule has 0 atom stereocenters. The van der Waals surface area contributed by atoms with Crippen molar-refractivity contribution >= 4 is 17.4 Å². The van der Waals surface area contributed by atoms with Crippen molar-refractivity contribution in [3.05, 3.63) is 62.8 Å². The van der Waals surface area contributed by atoms with E-state index in [0.717, 1.165) is 12.1 Å². The van der Waals surface area contributed by atoms with Gasteiger partial charge < -0.3 is 10.3 Å². The zero-order valence-electron chi connectivity index (χ0n) is 12.5. The molecule has 24 heavy (non-hydrogen) atoms. The highest BCUT2D eigenvalue weighted by atomic mass is 19.1. The number of Topliss-reactive ketones (excluding diaryl/α,β-unsaturated/α-hetero) is 1. The third-order valence-electron chi connectivity index (χ3n) is 3.85. The number of ketones is 1. The van der Waals surface area contributed by atoms with Crippen molar-refractivity contribution in [1.29, 1.82) is 5.26 Å². The lowest BCUT2D eigenvalue weighted by Gasteiger charge is -2.15. The van der Waals surface area contributed by atoms with Gasteiger partial charge in [-0.2, -0.15) is 5.26 Å². The fraction of sp³-hybridized carbons (Fsp3) is 0.176. The fourth-order valence-corrected chi connectivity index (χ4v) is 2.65.